The lowest BCUT2D eigenvalue weighted by molar-refractivity contribution is -0.172. The highest BCUT2D eigenvalue weighted by Crippen LogP contribution is 2.47. The summed E-state index contributed by atoms with van der Waals surface area (Å²) in [5.74, 6) is -3.37. The summed E-state index contributed by atoms with van der Waals surface area (Å²) in [6, 6.07) is 2.25. The highest BCUT2D eigenvalue weighted by Gasteiger charge is 2.46. The number of aromatic nitrogens is 2. The number of thioether (sulfide) groups is 1. The maximum absolute atomic E-state index is 14.3. The van der Waals surface area contributed by atoms with E-state index in [0.29, 0.717) is 139 Å². The largest absolute Gasteiger partial charge is 0.458 e. The third kappa shape index (κ3) is 19.8. The number of nitrogens with one attached hydrogen (secondary N) is 5. The highest BCUT2D eigenvalue weighted by atomic mass is 32.2. The number of aliphatic hydroxyl groups is 1. The molecule has 28 nitrogen and oxygen atoms in total. The van der Waals surface area contributed by atoms with E-state index < -0.39 is 59.7 Å². The molecule has 8 amide bonds. The molecule has 4 atom stereocenters. The minimum Gasteiger partial charge on any atom is -0.458 e. The Morgan fingerprint density at radius 2 is 1.40 bits per heavy atom. The number of rotatable bonds is 41. The lowest BCUT2D eigenvalue weighted by Gasteiger charge is -2.31. The van der Waals surface area contributed by atoms with Crippen molar-refractivity contribution in [3.8, 4) is 11.4 Å². The maximum Gasteiger partial charge on any atom is 0.343 e. The number of fused-ring (bicyclic) bond motifs is 5. The fraction of sp³-hybridized carbons (Fsp3) is 0.625. The van der Waals surface area contributed by atoms with Crippen molar-refractivity contribution in [2.24, 2.45) is 23.5 Å². The first-order valence-electron chi connectivity index (χ1n) is 32.6. The first-order valence-corrected chi connectivity index (χ1v) is 32.9. The third-order valence-corrected chi connectivity index (χ3v) is 17.6. The van der Waals surface area contributed by atoms with Gasteiger partial charge in [0.25, 0.3) is 5.56 Å². The minimum absolute atomic E-state index is 0.00892. The number of nitrogens with two attached hydrogens (primary N) is 1. The first kappa shape index (κ1) is 70.4. The smallest absolute Gasteiger partial charge is 0.343 e. The Kier molecular flexibility index (Phi) is 27.3. The van der Waals surface area contributed by atoms with Crippen molar-refractivity contribution in [3.05, 3.63) is 56.2 Å². The minimum atomic E-state index is -1.98. The molecule has 1 unspecified atom stereocenters. The van der Waals surface area contributed by atoms with Gasteiger partial charge in [0, 0.05) is 67.6 Å². The van der Waals surface area contributed by atoms with E-state index in [1.165, 1.54) is 16.7 Å². The molecule has 0 bridgehead atoms. The fourth-order valence-electron chi connectivity index (χ4n) is 11.6. The second-order valence-corrected chi connectivity index (χ2v) is 24.3. The van der Waals surface area contributed by atoms with E-state index >= 15 is 0 Å². The van der Waals surface area contributed by atoms with Gasteiger partial charge in [-0.15, -0.1) is 0 Å². The molecule has 29 heteroatoms. The number of hydrogen-bond acceptors (Lipinski definition) is 21. The van der Waals surface area contributed by atoms with Crippen molar-refractivity contribution in [3.63, 3.8) is 0 Å². The molecule has 1 saturated heterocycles. The van der Waals surface area contributed by atoms with Gasteiger partial charge in [-0.1, -0.05) is 32.5 Å². The number of carbonyl (C=O) groups excluding carboxylic acids is 8. The van der Waals surface area contributed by atoms with Crippen molar-refractivity contribution in [1.29, 1.82) is 0 Å². The van der Waals surface area contributed by atoms with E-state index in [0.717, 1.165) is 29.4 Å². The molecule has 2 fully saturated rings. The quantitative estimate of drug-likeness (QED) is 0.0191. The summed E-state index contributed by atoms with van der Waals surface area (Å²) in [4.78, 5) is 123. The summed E-state index contributed by atoms with van der Waals surface area (Å²) in [5.41, 5.74) is 6.90. The van der Waals surface area contributed by atoms with Gasteiger partial charge >= 0.3 is 12.0 Å². The van der Waals surface area contributed by atoms with Gasteiger partial charge in [0.15, 0.2) is 5.60 Å². The molecule has 5 aliphatic rings. The Morgan fingerprint density at radius 1 is 0.785 bits per heavy atom. The number of urea groups is 1. The van der Waals surface area contributed by atoms with E-state index in [9.17, 15) is 48.3 Å². The second kappa shape index (κ2) is 36.1. The lowest BCUT2D eigenvalue weighted by Crippen LogP contribution is -2.54. The van der Waals surface area contributed by atoms with Crippen LogP contribution in [-0.2, 0) is 94.9 Å². The normalized spacial score (nSPS) is 19.6. The van der Waals surface area contributed by atoms with Crippen LogP contribution in [0.4, 0.5) is 10.5 Å². The van der Waals surface area contributed by atoms with Crippen LogP contribution in [0.3, 0.4) is 0 Å². The summed E-state index contributed by atoms with van der Waals surface area (Å²) in [5, 5.41) is 28.0. The van der Waals surface area contributed by atoms with Crippen LogP contribution in [0.5, 0.6) is 0 Å². The van der Waals surface area contributed by atoms with Crippen molar-refractivity contribution in [2.75, 3.05) is 131 Å². The number of anilines is 1. The van der Waals surface area contributed by atoms with Crippen molar-refractivity contribution in [2.45, 2.75) is 121 Å². The van der Waals surface area contributed by atoms with Crippen molar-refractivity contribution >= 4 is 81.9 Å². The number of cyclic esters (lactones) is 1. The molecule has 0 radical (unpaired) electrons. The molecule has 3 aromatic rings. The molecule has 2 aromatic heterocycles. The molecule has 1 saturated carbocycles. The number of primary amides is 1. The molecule has 8 N–H and O–H groups in total. The number of nitrogens with zero attached hydrogens (tertiary/aromatic N) is 3. The molecular weight excluding hydrogens is 1230 g/mol. The van der Waals surface area contributed by atoms with Gasteiger partial charge in [0.2, 0.25) is 35.4 Å². The van der Waals surface area contributed by atoms with Gasteiger partial charge in [-0.25, -0.2) is 14.6 Å². The van der Waals surface area contributed by atoms with Crippen molar-refractivity contribution < 1.29 is 87.5 Å². The summed E-state index contributed by atoms with van der Waals surface area (Å²) in [7, 11) is 0. The van der Waals surface area contributed by atoms with Crippen molar-refractivity contribution in [1.82, 2.24) is 35.7 Å². The summed E-state index contributed by atoms with van der Waals surface area (Å²) in [6.45, 7) is 11.5. The van der Waals surface area contributed by atoms with E-state index in [2.05, 4.69) is 26.6 Å². The SMILES string of the molecule is [3H]C1CC(=O)N(CC2CCC(C(=O)NCCOCCOCCOCCOCCOCCOCCOCCOCCC(=O)N[C@H](C(=O)N[C@@H](CCCNC(N)=O)C(=O)Nc3ccc4nc5c(c6c4c3SC=C6)Cn3c-5cc4c(c3=O)COC(=O)[C@]4(O)CC)C(C)C)CC2)C1=O. The fourth-order valence-corrected chi connectivity index (χ4v) is 12.5. The molecule has 4 aliphatic heterocycles. The van der Waals surface area contributed by atoms with Gasteiger partial charge in [0.1, 0.15) is 18.7 Å². The average molecular weight is 1320 g/mol. The van der Waals surface area contributed by atoms with Crippen LogP contribution in [0.25, 0.3) is 28.4 Å². The Bertz CT molecular complexity index is 3250. The predicted molar refractivity (Wildman–Crippen MR) is 339 cm³/mol. The average Bonchev–Trinajstić information content (AvgIpc) is 1.49. The number of pyridine rings is 2. The predicted octanol–water partition coefficient (Wildman–Crippen LogP) is 2.76. The van der Waals surface area contributed by atoms with E-state index in [1.807, 2.05) is 11.5 Å². The number of hydrogen-bond donors (Lipinski definition) is 7. The Hall–Kier alpha value is -6.93. The molecule has 93 heavy (non-hydrogen) atoms. The number of benzene rings is 1. The van der Waals surface area contributed by atoms with Crippen LogP contribution in [0.1, 0.15) is 109 Å². The molecule has 6 heterocycles. The summed E-state index contributed by atoms with van der Waals surface area (Å²) in [6.07, 6.45) is 4.17. The van der Waals surface area contributed by atoms with Gasteiger partial charge in [-0.2, -0.15) is 0 Å². The van der Waals surface area contributed by atoms with Crippen LogP contribution in [0.15, 0.2) is 33.3 Å². The zero-order valence-corrected chi connectivity index (χ0v) is 54.0. The van der Waals surface area contributed by atoms with Gasteiger partial charge < -0.3 is 84.6 Å². The molecule has 1 aromatic carbocycles. The summed E-state index contributed by atoms with van der Waals surface area (Å²) >= 11 is 1.36. The van der Waals surface area contributed by atoms with Crippen LogP contribution in [-0.4, -0.2) is 204 Å². The zero-order valence-electron chi connectivity index (χ0n) is 54.2. The molecule has 1 aliphatic carbocycles. The molecule has 8 rings (SSSR count). The number of amides is 8. The second-order valence-electron chi connectivity index (χ2n) is 23.4. The number of esters is 1. The Balaban J connectivity index is 0.632. The monoisotopic (exact) mass is 1320 g/mol. The highest BCUT2D eigenvalue weighted by molar-refractivity contribution is 8.02. The zero-order chi connectivity index (χ0) is 67.2. The number of imide groups is 1. The number of ether oxygens (including phenoxy) is 9. The molecular formula is C64H89N9O19S. The topological polar surface area (TPSA) is 364 Å². The Morgan fingerprint density at radius 3 is 1.98 bits per heavy atom. The van der Waals surface area contributed by atoms with Crippen LogP contribution < -0.4 is 37.9 Å². The standard InChI is InChI=1S/C64H89N9O19S/c1-4-64(83)46-36-50-56-44(38-72(50)61(80)45(46)39-92-62(64)81)43-16-35-93-57-48(12-11-47(68-56)54(43)57)69-59(78)49(6-5-17-67-63(65)82)70-60(79)55(40(2)3)71-51(74)15-19-84-21-23-86-25-27-88-29-31-90-33-34-91-32-30-89-28-26-87-24-22-85-20-18-66-58(77)42-9-7-41(8-10-42)37-73-52(75)13-14-53(73)76/h11-12,16,35-36,40-42,49,55,83H,4-10,13-15,17-34,37-39H2,1-3H3,(H,66,77)(H,69,78)(H,70,79)(H,71,74)(H3,65,67,82)/t41?,42?,49-,55-,64-/m0/s1/i13T/t13?,41?,42?,49-,55-,64-. The van der Waals surface area contributed by atoms with Gasteiger partial charge in [-0.3, -0.25) is 38.5 Å². The Labute approximate surface area is 545 Å². The van der Waals surface area contributed by atoms with Crippen LogP contribution in [0.2, 0.25) is 0 Å². The molecule has 0 spiro atoms. The number of likely N-dealkylation sites (tertiary alicyclic amines) is 1. The summed E-state index contributed by atoms with van der Waals surface area (Å²) < 4.78 is 58.9. The number of carbonyl (C=O) groups is 8. The van der Waals surface area contributed by atoms with Gasteiger partial charge in [0.05, 0.1) is 140 Å². The van der Waals surface area contributed by atoms with E-state index in [-0.39, 0.29) is 118 Å². The van der Waals surface area contributed by atoms with Crippen LogP contribution >= 0.6 is 11.8 Å². The lowest BCUT2D eigenvalue weighted by atomic mass is 9.81. The van der Waals surface area contributed by atoms with E-state index in [4.69, 9.17) is 54.7 Å². The first-order chi connectivity index (χ1) is 45.4. The molecule has 510 valence electrons. The van der Waals surface area contributed by atoms with Gasteiger partial charge in [-0.05, 0) is 92.0 Å². The van der Waals surface area contributed by atoms with E-state index in [1.54, 1.807) is 43.5 Å². The van der Waals surface area contributed by atoms with Crippen LogP contribution in [0, 0.1) is 17.8 Å². The maximum atomic E-state index is 14.3. The third-order valence-electron chi connectivity index (χ3n) is 16.7.